The van der Waals surface area contributed by atoms with Gasteiger partial charge < -0.3 is 15.3 Å². The van der Waals surface area contributed by atoms with Gasteiger partial charge in [0.2, 0.25) is 5.91 Å². The van der Waals surface area contributed by atoms with Gasteiger partial charge in [0.05, 0.1) is 6.61 Å². The first-order chi connectivity index (χ1) is 15.9. The third kappa shape index (κ3) is 3.80. The number of nitrogens with zero attached hydrogens (tertiary/aromatic N) is 2. The van der Waals surface area contributed by atoms with E-state index in [4.69, 9.17) is 0 Å². The van der Waals surface area contributed by atoms with Crippen molar-refractivity contribution in [2.45, 2.75) is 57.3 Å². The van der Waals surface area contributed by atoms with Crippen molar-refractivity contribution in [1.29, 1.82) is 0 Å². The summed E-state index contributed by atoms with van der Waals surface area (Å²) >= 11 is 0. The summed E-state index contributed by atoms with van der Waals surface area (Å²) in [6, 6.07) is 14.8. The maximum absolute atomic E-state index is 13.5. The fourth-order valence-electron chi connectivity index (χ4n) is 5.25. The van der Waals surface area contributed by atoms with E-state index in [1.165, 1.54) is 0 Å². The zero-order valence-corrected chi connectivity index (χ0v) is 18.8. The number of benzene rings is 2. The fourth-order valence-corrected chi connectivity index (χ4v) is 5.25. The van der Waals surface area contributed by atoms with E-state index in [1.54, 1.807) is 6.07 Å². The molecule has 0 radical (unpaired) electrons. The molecule has 1 heterocycles. The Balaban J connectivity index is 1.37. The lowest BCUT2D eigenvalue weighted by molar-refractivity contribution is -0.141. The van der Waals surface area contributed by atoms with Crippen molar-refractivity contribution in [2.24, 2.45) is 5.92 Å². The van der Waals surface area contributed by atoms with Crippen LogP contribution in [0.5, 0.6) is 0 Å². The summed E-state index contributed by atoms with van der Waals surface area (Å²) in [5.74, 6) is -0.114. The molecule has 1 saturated carbocycles. The van der Waals surface area contributed by atoms with E-state index in [0.29, 0.717) is 25.3 Å². The van der Waals surface area contributed by atoms with Crippen molar-refractivity contribution < 1.29 is 19.5 Å². The number of imide groups is 1. The molecule has 172 valence electrons. The molecule has 2 N–H and O–H groups in total. The van der Waals surface area contributed by atoms with Gasteiger partial charge in [-0.05, 0) is 60.8 Å². The summed E-state index contributed by atoms with van der Waals surface area (Å²) < 4.78 is 0. The molecule has 0 aromatic heterocycles. The Hall–Kier alpha value is -3.19. The summed E-state index contributed by atoms with van der Waals surface area (Å²) in [6.45, 7) is 2.18. The van der Waals surface area contributed by atoms with E-state index in [9.17, 15) is 19.5 Å². The van der Waals surface area contributed by atoms with Gasteiger partial charge in [0.25, 0.3) is 5.91 Å². The standard InChI is InChI=1S/C26H29N3O4/c1-17(20-8-9-20)28(14-18-5-3-2-4-6-18)23(31)15-29-24(32)26(27-25(29)33)12-11-21-13-19(16-30)7-10-22(21)26/h2-7,10,13,17,20,30H,8-9,11-12,14-16H2,1H3,(H,27,33). The van der Waals surface area contributed by atoms with Crippen molar-refractivity contribution in [3.8, 4) is 0 Å². The number of hydrogen-bond donors (Lipinski definition) is 2. The van der Waals surface area contributed by atoms with Gasteiger partial charge in [-0.3, -0.25) is 14.5 Å². The molecule has 1 spiro atoms. The number of fused-ring (bicyclic) bond motifs is 2. The van der Waals surface area contributed by atoms with Gasteiger partial charge in [0.1, 0.15) is 12.1 Å². The summed E-state index contributed by atoms with van der Waals surface area (Å²) in [5.41, 5.74) is 2.40. The molecule has 2 unspecified atom stereocenters. The molecule has 2 aromatic rings. The van der Waals surface area contributed by atoms with Crippen molar-refractivity contribution in [2.75, 3.05) is 6.54 Å². The maximum atomic E-state index is 13.5. The number of rotatable bonds is 7. The van der Waals surface area contributed by atoms with Gasteiger partial charge in [-0.15, -0.1) is 0 Å². The monoisotopic (exact) mass is 447 g/mol. The van der Waals surface area contributed by atoms with Crippen LogP contribution in [0.3, 0.4) is 0 Å². The molecule has 2 aliphatic carbocycles. The third-order valence-corrected chi connectivity index (χ3v) is 7.36. The molecule has 2 atom stereocenters. The van der Waals surface area contributed by atoms with Crippen LogP contribution in [-0.4, -0.2) is 45.3 Å². The van der Waals surface area contributed by atoms with Gasteiger partial charge in [0, 0.05) is 12.6 Å². The van der Waals surface area contributed by atoms with E-state index >= 15 is 0 Å². The number of urea groups is 1. The molecular formula is C26H29N3O4. The molecule has 33 heavy (non-hydrogen) atoms. The number of hydrogen-bond acceptors (Lipinski definition) is 4. The summed E-state index contributed by atoms with van der Waals surface area (Å²) in [6.07, 6.45) is 3.28. The van der Waals surface area contributed by atoms with Crippen molar-refractivity contribution in [3.05, 3.63) is 70.8 Å². The Kier molecular flexibility index (Phi) is 5.44. The predicted octanol–water partition coefficient (Wildman–Crippen LogP) is 2.70. The number of aryl methyl sites for hydroxylation is 1. The van der Waals surface area contributed by atoms with Crippen LogP contribution < -0.4 is 5.32 Å². The van der Waals surface area contributed by atoms with Gasteiger partial charge in [-0.2, -0.15) is 0 Å². The SMILES string of the molecule is CC(C1CC1)N(Cc1ccccc1)C(=O)CN1C(=O)NC2(CCc3cc(CO)ccc32)C1=O. The van der Waals surface area contributed by atoms with Gasteiger partial charge in [-0.1, -0.05) is 48.5 Å². The van der Waals surface area contributed by atoms with Crippen LogP contribution in [0, 0.1) is 5.92 Å². The quantitative estimate of drug-likeness (QED) is 0.639. The predicted molar refractivity (Wildman–Crippen MR) is 122 cm³/mol. The van der Waals surface area contributed by atoms with Crippen LogP contribution in [0.2, 0.25) is 0 Å². The van der Waals surface area contributed by atoms with E-state index < -0.39 is 11.6 Å². The molecule has 7 nitrogen and oxygen atoms in total. The minimum absolute atomic E-state index is 0.0524. The lowest BCUT2D eigenvalue weighted by Crippen LogP contribution is -2.47. The van der Waals surface area contributed by atoms with E-state index in [1.807, 2.05) is 47.4 Å². The Morgan fingerprint density at radius 2 is 1.94 bits per heavy atom. The molecule has 1 aliphatic heterocycles. The smallest absolute Gasteiger partial charge is 0.325 e. The largest absolute Gasteiger partial charge is 0.392 e. The number of amides is 4. The fraction of sp³-hybridized carbons (Fsp3) is 0.423. The Labute approximate surface area is 193 Å². The summed E-state index contributed by atoms with van der Waals surface area (Å²) in [5, 5.41) is 12.3. The Bertz CT molecular complexity index is 1100. The average molecular weight is 448 g/mol. The van der Waals surface area contributed by atoms with Crippen LogP contribution in [0.4, 0.5) is 4.79 Å². The zero-order valence-electron chi connectivity index (χ0n) is 18.8. The maximum Gasteiger partial charge on any atom is 0.325 e. The first-order valence-corrected chi connectivity index (χ1v) is 11.6. The summed E-state index contributed by atoms with van der Waals surface area (Å²) in [7, 11) is 0. The molecule has 2 aromatic carbocycles. The number of nitrogens with one attached hydrogen (secondary N) is 1. The first-order valence-electron chi connectivity index (χ1n) is 11.6. The van der Waals surface area contributed by atoms with E-state index in [-0.39, 0.29) is 31.0 Å². The number of carbonyl (C=O) groups excluding carboxylic acids is 3. The Morgan fingerprint density at radius 3 is 2.64 bits per heavy atom. The molecule has 4 amide bonds. The second kappa shape index (κ2) is 8.30. The second-order valence-electron chi connectivity index (χ2n) is 9.46. The topological polar surface area (TPSA) is 90.0 Å². The Morgan fingerprint density at radius 1 is 1.18 bits per heavy atom. The van der Waals surface area contributed by atoms with Gasteiger partial charge in [-0.25, -0.2) is 4.79 Å². The highest BCUT2D eigenvalue weighted by molar-refractivity contribution is 6.10. The highest BCUT2D eigenvalue weighted by Gasteiger charge is 2.55. The van der Waals surface area contributed by atoms with Gasteiger partial charge >= 0.3 is 6.03 Å². The zero-order chi connectivity index (χ0) is 23.2. The molecular weight excluding hydrogens is 418 g/mol. The van der Waals surface area contributed by atoms with Gasteiger partial charge in [0.15, 0.2) is 0 Å². The van der Waals surface area contributed by atoms with E-state index in [2.05, 4.69) is 12.2 Å². The molecule has 5 rings (SSSR count). The van der Waals surface area contributed by atoms with Crippen LogP contribution in [0.1, 0.15) is 48.4 Å². The number of carbonyl (C=O) groups is 3. The van der Waals surface area contributed by atoms with Crippen LogP contribution >= 0.6 is 0 Å². The minimum Gasteiger partial charge on any atom is -0.392 e. The number of aliphatic hydroxyl groups excluding tert-OH is 1. The van der Waals surface area contributed by atoms with E-state index in [0.717, 1.165) is 40.0 Å². The molecule has 3 aliphatic rings. The first kappa shape index (κ1) is 21.6. The van der Waals surface area contributed by atoms with Crippen molar-refractivity contribution in [3.63, 3.8) is 0 Å². The normalized spacial score (nSPS) is 22.4. The third-order valence-electron chi connectivity index (χ3n) is 7.36. The molecule has 1 saturated heterocycles. The summed E-state index contributed by atoms with van der Waals surface area (Å²) in [4.78, 5) is 42.7. The molecule has 7 heteroatoms. The molecule has 2 fully saturated rings. The second-order valence-corrected chi connectivity index (χ2v) is 9.46. The lowest BCUT2D eigenvalue weighted by atomic mass is 9.91. The van der Waals surface area contributed by atoms with Crippen LogP contribution in [0.25, 0.3) is 0 Å². The van der Waals surface area contributed by atoms with Crippen LogP contribution in [0.15, 0.2) is 48.5 Å². The van der Waals surface area contributed by atoms with Crippen LogP contribution in [-0.2, 0) is 34.7 Å². The number of aliphatic hydroxyl groups is 1. The van der Waals surface area contributed by atoms with Crippen molar-refractivity contribution in [1.82, 2.24) is 15.1 Å². The average Bonchev–Trinajstić information content (AvgIpc) is 3.58. The molecule has 0 bridgehead atoms. The van der Waals surface area contributed by atoms with Crippen molar-refractivity contribution >= 4 is 17.8 Å². The highest BCUT2D eigenvalue weighted by atomic mass is 16.3. The minimum atomic E-state index is -1.12. The highest BCUT2D eigenvalue weighted by Crippen LogP contribution is 2.42. The lowest BCUT2D eigenvalue weighted by Gasteiger charge is -2.31.